The fourth-order valence-corrected chi connectivity index (χ4v) is 3.12. The number of hydrogen-bond donors (Lipinski definition) is 2. The maximum atomic E-state index is 12.6. The zero-order valence-electron chi connectivity index (χ0n) is 13.1. The fourth-order valence-electron chi connectivity index (χ4n) is 2.36. The van der Waals surface area contributed by atoms with Crippen LogP contribution in [-0.2, 0) is 0 Å². The number of rotatable bonds is 4. The molecule has 22 heavy (non-hydrogen) atoms. The second-order valence-corrected chi connectivity index (χ2v) is 6.29. The summed E-state index contributed by atoms with van der Waals surface area (Å²) in [5.41, 5.74) is 10.2. The molecule has 0 unspecified atom stereocenters. The van der Waals surface area contributed by atoms with Gasteiger partial charge in [-0.3, -0.25) is 9.59 Å². The first kappa shape index (κ1) is 16.3. The summed E-state index contributed by atoms with van der Waals surface area (Å²) in [4.78, 5) is 30.5. The molecule has 0 bridgehead atoms. The van der Waals surface area contributed by atoms with E-state index in [9.17, 15) is 9.59 Å². The lowest BCUT2D eigenvalue weighted by Gasteiger charge is -2.14. The van der Waals surface area contributed by atoms with Gasteiger partial charge in [0.2, 0.25) is 0 Å². The van der Waals surface area contributed by atoms with E-state index in [0.29, 0.717) is 5.16 Å². The molecule has 0 fully saturated rings. The minimum atomic E-state index is -0.318. The number of thioether (sulfide) groups is 1. The van der Waals surface area contributed by atoms with Crippen LogP contribution in [-0.4, -0.2) is 21.5 Å². The molecule has 1 aromatic carbocycles. The molecule has 2 aromatic rings. The Bertz CT molecular complexity index is 770. The Kier molecular flexibility index (Phi) is 4.71. The van der Waals surface area contributed by atoms with Gasteiger partial charge in [-0.25, -0.2) is 4.98 Å². The Hall–Kier alpha value is -2.08. The molecular weight excluding hydrogens is 298 g/mol. The van der Waals surface area contributed by atoms with Crippen LogP contribution in [0, 0.1) is 27.7 Å². The summed E-state index contributed by atoms with van der Waals surface area (Å²) in [6.45, 7) is 7.92. The molecule has 3 N–H and O–H groups in total. The maximum Gasteiger partial charge on any atom is 0.253 e. The van der Waals surface area contributed by atoms with E-state index in [-0.39, 0.29) is 22.9 Å². The third-order valence-electron chi connectivity index (χ3n) is 3.72. The van der Waals surface area contributed by atoms with Crippen LogP contribution in [0.15, 0.2) is 22.1 Å². The van der Waals surface area contributed by atoms with Crippen molar-refractivity contribution in [3.63, 3.8) is 0 Å². The molecular formula is C16H19N3O2S. The number of carbonyl (C=O) groups excluding carboxylic acids is 1. The number of aryl methyl sites for hydroxylation is 2. The molecule has 0 aliphatic rings. The molecule has 0 spiro atoms. The summed E-state index contributed by atoms with van der Waals surface area (Å²) >= 11 is 1.18. The van der Waals surface area contributed by atoms with Crippen molar-refractivity contribution in [3.05, 3.63) is 50.3 Å². The van der Waals surface area contributed by atoms with Crippen LogP contribution in [0.5, 0.6) is 0 Å². The number of nitrogen functional groups attached to an aromatic ring is 1. The largest absolute Gasteiger partial charge is 0.383 e. The molecule has 0 aliphatic heterocycles. The first-order valence-corrected chi connectivity index (χ1v) is 7.88. The number of Topliss-reactive ketones (excluding diaryl/α,β-unsaturated/α-hetero) is 1. The minimum absolute atomic E-state index is 0.0249. The van der Waals surface area contributed by atoms with Crippen molar-refractivity contribution >= 4 is 23.4 Å². The summed E-state index contributed by atoms with van der Waals surface area (Å²) in [6, 6.07) is 3.30. The molecule has 0 saturated heterocycles. The van der Waals surface area contributed by atoms with Gasteiger partial charge in [0.1, 0.15) is 5.82 Å². The number of hydrogen-bond acceptors (Lipinski definition) is 5. The van der Waals surface area contributed by atoms with E-state index in [0.717, 1.165) is 27.8 Å². The second-order valence-electron chi connectivity index (χ2n) is 5.32. The zero-order valence-corrected chi connectivity index (χ0v) is 13.9. The van der Waals surface area contributed by atoms with Gasteiger partial charge in [0.05, 0.1) is 5.75 Å². The molecule has 0 radical (unpaired) electrons. The van der Waals surface area contributed by atoms with E-state index in [2.05, 4.69) is 16.0 Å². The van der Waals surface area contributed by atoms with Crippen LogP contribution in [0.2, 0.25) is 0 Å². The van der Waals surface area contributed by atoms with Gasteiger partial charge in [-0.05, 0) is 49.9 Å². The number of nitrogens with one attached hydrogen (secondary N) is 1. The number of H-pyrrole nitrogens is 1. The monoisotopic (exact) mass is 317 g/mol. The molecule has 116 valence electrons. The Morgan fingerprint density at radius 2 is 1.77 bits per heavy atom. The number of anilines is 1. The third kappa shape index (κ3) is 3.39. The lowest BCUT2D eigenvalue weighted by molar-refractivity contribution is 0.102. The number of aromatic amines is 1. The number of carbonyl (C=O) groups is 1. The summed E-state index contributed by atoms with van der Waals surface area (Å²) < 4.78 is 0. The first-order chi connectivity index (χ1) is 10.3. The average molecular weight is 317 g/mol. The van der Waals surface area contributed by atoms with E-state index in [1.54, 1.807) is 0 Å². The van der Waals surface area contributed by atoms with Crippen molar-refractivity contribution in [2.75, 3.05) is 11.5 Å². The Labute approximate surface area is 133 Å². The molecule has 0 amide bonds. The lowest BCUT2D eigenvalue weighted by atomic mass is 9.92. The van der Waals surface area contributed by atoms with Crippen molar-refractivity contribution in [3.8, 4) is 0 Å². The van der Waals surface area contributed by atoms with Crippen LogP contribution in [0.25, 0.3) is 0 Å². The topological polar surface area (TPSA) is 88.8 Å². The van der Waals surface area contributed by atoms with Gasteiger partial charge >= 0.3 is 0 Å². The van der Waals surface area contributed by atoms with E-state index < -0.39 is 0 Å². The predicted octanol–water partition coefficient (Wildman–Crippen LogP) is 2.56. The summed E-state index contributed by atoms with van der Waals surface area (Å²) in [6.07, 6.45) is 0. The SMILES string of the molecule is Cc1cc(C)c(C)c(C(=O)CSc2nc(N)cc(=O)[nH]2)c1C. The summed E-state index contributed by atoms with van der Waals surface area (Å²) in [5.74, 6) is 0.381. The summed E-state index contributed by atoms with van der Waals surface area (Å²) in [5, 5.41) is 0.359. The van der Waals surface area contributed by atoms with E-state index >= 15 is 0 Å². The quantitative estimate of drug-likeness (QED) is 0.514. The van der Waals surface area contributed by atoms with Gasteiger partial charge in [0.15, 0.2) is 10.9 Å². The van der Waals surface area contributed by atoms with Gasteiger partial charge in [-0.15, -0.1) is 0 Å². The number of nitrogens with zero attached hydrogens (tertiary/aromatic N) is 1. The van der Waals surface area contributed by atoms with Gasteiger partial charge in [-0.1, -0.05) is 17.8 Å². The third-order valence-corrected chi connectivity index (χ3v) is 4.60. The van der Waals surface area contributed by atoms with Crippen LogP contribution in [0.4, 0.5) is 5.82 Å². The highest BCUT2D eigenvalue weighted by Crippen LogP contribution is 2.24. The number of ketones is 1. The van der Waals surface area contributed by atoms with Crippen LogP contribution >= 0.6 is 11.8 Å². The van der Waals surface area contributed by atoms with E-state index in [4.69, 9.17) is 5.73 Å². The van der Waals surface area contributed by atoms with Gasteiger partial charge in [-0.2, -0.15) is 0 Å². The number of aromatic nitrogens is 2. The number of nitrogens with two attached hydrogens (primary N) is 1. The highest BCUT2D eigenvalue weighted by Gasteiger charge is 2.16. The zero-order chi connectivity index (χ0) is 16.4. The van der Waals surface area contributed by atoms with E-state index in [1.807, 2.05) is 27.7 Å². The Balaban J connectivity index is 2.25. The molecule has 2 rings (SSSR count). The van der Waals surface area contributed by atoms with Crippen LogP contribution in [0.3, 0.4) is 0 Å². The van der Waals surface area contributed by atoms with E-state index in [1.165, 1.54) is 17.8 Å². The number of benzene rings is 1. The van der Waals surface area contributed by atoms with Gasteiger partial charge < -0.3 is 10.7 Å². The lowest BCUT2D eigenvalue weighted by Crippen LogP contribution is -2.12. The highest BCUT2D eigenvalue weighted by molar-refractivity contribution is 7.99. The molecule has 6 heteroatoms. The first-order valence-electron chi connectivity index (χ1n) is 6.90. The minimum Gasteiger partial charge on any atom is -0.383 e. The Morgan fingerprint density at radius 3 is 2.32 bits per heavy atom. The summed E-state index contributed by atoms with van der Waals surface area (Å²) in [7, 11) is 0. The van der Waals surface area contributed by atoms with Crippen molar-refractivity contribution in [1.82, 2.24) is 9.97 Å². The fraction of sp³-hybridized carbons (Fsp3) is 0.312. The molecule has 0 atom stereocenters. The molecule has 0 saturated carbocycles. The molecule has 1 heterocycles. The maximum absolute atomic E-state index is 12.6. The van der Waals surface area contributed by atoms with Crippen molar-refractivity contribution < 1.29 is 4.79 Å². The smallest absolute Gasteiger partial charge is 0.253 e. The highest BCUT2D eigenvalue weighted by atomic mass is 32.2. The van der Waals surface area contributed by atoms with Gasteiger partial charge in [0.25, 0.3) is 5.56 Å². The van der Waals surface area contributed by atoms with Crippen molar-refractivity contribution in [2.45, 2.75) is 32.9 Å². The van der Waals surface area contributed by atoms with Crippen LogP contribution in [0.1, 0.15) is 32.6 Å². The molecule has 0 aliphatic carbocycles. The average Bonchev–Trinajstić information content (AvgIpc) is 2.42. The van der Waals surface area contributed by atoms with Crippen molar-refractivity contribution in [2.24, 2.45) is 0 Å². The van der Waals surface area contributed by atoms with Crippen LogP contribution < -0.4 is 11.3 Å². The normalized spacial score (nSPS) is 10.7. The second kappa shape index (κ2) is 6.36. The molecule has 5 nitrogen and oxygen atoms in total. The predicted molar refractivity (Wildman–Crippen MR) is 89.7 cm³/mol. The Morgan fingerprint density at radius 1 is 1.18 bits per heavy atom. The molecule has 1 aromatic heterocycles. The van der Waals surface area contributed by atoms with Gasteiger partial charge in [0, 0.05) is 11.6 Å². The standard InChI is InChI=1S/C16H19N3O2S/c1-8-5-9(2)11(4)15(10(8)3)12(20)7-22-16-18-13(17)6-14(21)19-16/h5-6H,7H2,1-4H3,(H3,17,18,19,21). The van der Waals surface area contributed by atoms with Crippen molar-refractivity contribution in [1.29, 1.82) is 0 Å².